The molecule has 1 atom stereocenters. The SMILES string of the molecule is Cc1ccc2[nH]c(=O)c(C(c3nnnn3C(C)(C)C)N(CCc3ccccc3)Cc3cccs3)cc2c1. The summed E-state index contributed by atoms with van der Waals surface area (Å²) in [5.41, 5.74) is 3.37. The lowest BCUT2D eigenvalue weighted by Crippen LogP contribution is -2.38. The molecule has 0 aliphatic rings. The molecular weight excluding hydrogens is 480 g/mol. The summed E-state index contributed by atoms with van der Waals surface area (Å²) in [6.45, 7) is 9.69. The Kier molecular flexibility index (Phi) is 7.04. The van der Waals surface area contributed by atoms with Gasteiger partial charge in [-0.15, -0.1) is 16.4 Å². The summed E-state index contributed by atoms with van der Waals surface area (Å²) < 4.78 is 1.85. The van der Waals surface area contributed by atoms with E-state index >= 15 is 0 Å². The van der Waals surface area contributed by atoms with Gasteiger partial charge >= 0.3 is 0 Å². The van der Waals surface area contributed by atoms with Crippen molar-refractivity contribution in [3.63, 3.8) is 0 Å². The van der Waals surface area contributed by atoms with E-state index in [4.69, 9.17) is 0 Å². The van der Waals surface area contributed by atoms with Crippen LogP contribution < -0.4 is 5.56 Å². The molecule has 0 fully saturated rings. The van der Waals surface area contributed by atoms with E-state index in [0.29, 0.717) is 17.9 Å². The monoisotopic (exact) mass is 512 g/mol. The van der Waals surface area contributed by atoms with Gasteiger partial charge in [0.25, 0.3) is 5.56 Å². The fourth-order valence-corrected chi connectivity index (χ4v) is 5.44. The van der Waals surface area contributed by atoms with Crippen LogP contribution in [0, 0.1) is 6.92 Å². The standard InChI is InChI=1S/C29H32N6OS/c1-20-12-13-25-22(17-20)18-24(28(36)30-25)26(27-31-32-33-35(27)29(2,3)4)34(19-23-11-8-16-37-23)15-14-21-9-6-5-7-10-21/h5-13,16-18,26H,14-15,19H2,1-4H3,(H,30,36). The normalized spacial score (nSPS) is 12.9. The number of nitrogens with one attached hydrogen (secondary N) is 1. The zero-order valence-electron chi connectivity index (χ0n) is 21.7. The number of rotatable bonds is 8. The second-order valence-electron chi connectivity index (χ2n) is 10.5. The van der Waals surface area contributed by atoms with Crippen molar-refractivity contribution in [2.45, 2.75) is 52.2 Å². The fourth-order valence-electron chi connectivity index (χ4n) is 4.71. The predicted molar refractivity (Wildman–Crippen MR) is 149 cm³/mol. The van der Waals surface area contributed by atoms with Crippen molar-refractivity contribution in [3.8, 4) is 0 Å². The van der Waals surface area contributed by atoms with Gasteiger partial charge in [-0.05, 0) is 85.1 Å². The topological polar surface area (TPSA) is 79.7 Å². The average Bonchev–Trinajstić information content (AvgIpc) is 3.56. The molecule has 190 valence electrons. The number of aromatic amines is 1. The van der Waals surface area contributed by atoms with E-state index < -0.39 is 6.04 Å². The minimum Gasteiger partial charge on any atom is -0.322 e. The summed E-state index contributed by atoms with van der Waals surface area (Å²) in [6.07, 6.45) is 0.838. The summed E-state index contributed by atoms with van der Waals surface area (Å²) in [6, 6.07) is 22.3. The van der Waals surface area contributed by atoms with Gasteiger partial charge in [0.1, 0.15) is 6.04 Å². The Morgan fingerprint density at radius 1 is 1.05 bits per heavy atom. The second kappa shape index (κ2) is 10.4. The number of aryl methyl sites for hydroxylation is 1. The number of thiophene rings is 1. The van der Waals surface area contributed by atoms with Gasteiger partial charge in [0.05, 0.1) is 5.54 Å². The third kappa shape index (κ3) is 5.55. The van der Waals surface area contributed by atoms with Crippen molar-refractivity contribution in [2.75, 3.05) is 6.54 Å². The first-order valence-corrected chi connectivity index (χ1v) is 13.4. The van der Waals surface area contributed by atoms with Gasteiger partial charge in [0, 0.05) is 29.0 Å². The lowest BCUT2D eigenvalue weighted by atomic mass is 10.00. The molecule has 1 N–H and O–H groups in total. The average molecular weight is 513 g/mol. The van der Waals surface area contributed by atoms with E-state index in [2.05, 4.69) is 101 Å². The molecule has 3 heterocycles. The van der Waals surface area contributed by atoms with Crippen molar-refractivity contribution < 1.29 is 0 Å². The van der Waals surface area contributed by atoms with E-state index in [1.54, 1.807) is 11.3 Å². The van der Waals surface area contributed by atoms with Gasteiger partial charge in [0.15, 0.2) is 5.82 Å². The minimum atomic E-state index is -0.436. The highest BCUT2D eigenvalue weighted by Gasteiger charge is 2.33. The fraction of sp³-hybridized carbons (Fsp3) is 0.310. The quantitative estimate of drug-likeness (QED) is 0.298. The molecule has 2 aromatic carbocycles. The van der Waals surface area contributed by atoms with Crippen LogP contribution >= 0.6 is 11.3 Å². The van der Waals surface area contributed by atoms with Crippen molar-refractivity contribution in [1.82, 2.24) is 30.1 Å². The molecule has 0 aliphatic carbocycles. The maximum absolute atomic E-state index is 13.6. The molecule has 0 radical (unpaired) electrons. The Hall–Kier alpha value is -3.62. The third-order valence-corrected chi connectivity index (χ3v) is 7.39. The first-order chi connectivity index (χ1) is 17.8. The number of hydrogen-bond donors (Lipinski definition) is 1. The Morgan fingerprint density at radius 2 is 1.86 bits per heavy atom. The highest BCUT2D eigenvalue weighted by atomic mass is 32.1. The van der Waals surface area contributed by atoms with Crippen molar-refractivity contribution in [2.24, 2.45) is 0 Å². The molecule has 1 unspecified atom stereocenters. The predicted octanol–water partition coefficient (Wildman–Crippen LogP) is 5.47. The molecule has 0 aliphatic heterocycles. The largest absolute Gasteiger partial charge is 0.322 e. The van der Waals surface area contributed by atoms with E-state index in [1.165, 1.54) is 10.4 Å². The molecule has 0 spiro atoms. The number of aromatic nitrogens is 5. The molecule has 0 bridgehead atoms. The third-order valence-electron chi connectivity index (χ3n) is 6.53. The molecule has 5 rings (SSSR count). The molecule has 0 saturated heterocycles. The number of H-pyrrole nitrogens is 1. The Labute approximate surface area is 220 Å². The number of nitrogens with zero attached hydrogens (tertiary/aromatic N) is 5. The minimum absolute atomic E-state index is 0.124. The highest BCUT2D eigenvalue weighted by Crippen LogP contribution is 2.31. The molecule has 3 aromatic heterocycles. The van der Waals surface area contributed by atoms with Crippen LogP contribution in [0.5, 0.6) is 0 Å². The first-order valence-electron chi connectivity index (χ1n) is 12.5. The van der Waals surface area contributed by atoms with Crippen molar-refractivity contribution >= 4 is 22.2 Å². The second-order valence-corrected chi connectivity index (χ2v) is 11.5. The molecule has 37 heavy (non-hydrogen) atoms. The van der Waals surface area contributed by atoms with Crippen molar-refractivity contribution in [3.05, 3.63) is 110 Å². The van der Waals surface area contributed by atoms with Crippen LogP contribution in [-0.4, -0.2) is 36.6 Å². The van der Waals surface area contributed by atoms with Crippen LogP contribution in [0.4, 0.5) is 0 Å². The highest BCUT2D eigenvalue weighted by molar-refractivity contribution is 7.09. The van der Waals surface area contributed by atoms with Gasteiger partial charge < -0.3 is 4.98 Å². The summed E-state index contributed by atoms with van der Waals surface area (Å²) in [4.78, 5) is 20.3. The molecule has 7 nitrogen and oxygen atoms in total. The Bertz CT molecular complexity index is 1530. The lowest BCUT2D eigenvalue weighted by Gasteiger charge is -2.32. The zero-order valence-corrected chi connectivity index (χ0v) is 22.5. The first kappa shape index (κ1) is 25.0. The lowest BCUT2D eigenvalue weighted by molar-refractivity contribution is 0.196. The Balaban J connectivity index is 1.68. The zero-order chi connectivity index (χ0) is 26.0. The number of pyridine rings is 1. The summed E-state index contributed by atoms with van der Waals surface area (Å²) in [7, 11) is 0. The summed E-state index contributed by atoms with van der Waals surface area (Å²) in [5, 5.41) is 16.0. The van der Waals surface area contributed by atoms with Gasteiger partial charge in [-0.3, -0.25) is 9.69 Å². The van der Waals surface area contributed by atoms with Crippen molar-refractivity contribution in [1.29, 1.82) is 0 Å². The van der Waals surface area contributed by atoms with Crippen LogP contribution in [0.1, 0.15) is 54.2 Å². The molecule has 5 aromatic rings. The van der Waals surface area contributed by atoms with E-state index in [9.17, 15) is 4.79 Å². The summed E-state index contributed by atoms with van der Waals surface area (Å²) >= 11 is 1.72. The number of hydrogen-bond acceptors (Lipinski definition) is 6. The van der Waals surface area contributed by atoms with Crippen LogP contribution in [0.3, 0.4) is 0 Å². The maximum atomic E-state index is 13.6. The van der Waals surface area contributed by atoms with Gasteiger partial charge in [-0.1, -0.05) is 48.0 Å². The molecule has 0 saturated carbocycles. The Morgan fingerprint density at radius 3 is 2.59 bits per heavy atom. The van der Waals surface area contributed by atoms with E-state index in [0.717, 1.165) is 29.4 Å². The van der Waals surface area contributed by atoms with Gasteiger partial charge in [-0.25, -0.2) is 4.68 Å². The van der Waals surface area contributed by atoms with E-state index in [-0.39, 0.29) is 11.1 Å². The summed E-state index contributed by atoms with van der Waals surface area (Å²) in [5.74, 6) is 0.662. The maximum Gasteiger partial charge on any atom is 0.253 e. The number of fused-ring (bicyclic) bond motifs is 1. The molecular formula is C29H32N6OS. The number of benzene rings is 2. The van der Waals surface area contributed by atoms with Crippen LogP contribution in [-0.2, 0) is 18.5 Å². The number of tetrazole rings is 1. The van der Waals surface area contributed by atoms with Crippen LogP contribution in [0.15, 0.2) is 76.9 Å². The van der Waals surface area contributed by atoms with Crippen LogP contribution in [0.2, 0.25) is 0 Å². The molecule has 8 heteroatoms. The molecule has 0 amide bonds. The van der Waals surface area contributed by atoms with Gasteiger partial charge in [-0.2, -0.15) is 0 Å². The van der Waals surface area contributed by atoms with E-state index in [1.807, 2.05) is 28.9 Å². The van der Waals surface area contributed by atoms with Crippen LogP contribution in [0.25, 0.3) is 10.9 Å². The smallest absolute Gasteiger partial charge is 0.253 e. The van der Waals surface area contributed by atoms with Gasteiger partial charge in [0.2, 0.25) is 0 Å².